The van der Waals surface area contributed by atoms with Crippen molar-refractivity contribution in [1.82, 2.24) is 9.88 Å². The first-order chi connectivity index (χ1) is 11.8. The Morgan fingerprint density at radius 2 is 1.88 bits per heavy atom. The van der Waals surface area contributed by atoms with Gasteiger partial charge in [-0.3, -0.25) is 4.90 Å². The maximum absolute atomic E-state index is 8.72. The van der Waals surface area contributed by atoms with Gasteiger partial charge in [0.25, 0.3) is 0 Å². The number of likely N-dealkylation sites (tertiary alicyclic amines) is 1. The molecule has 3 rings (SSSR count). The molecule has 124 valence electrons. The molecule has 0 radical (unpaired) electrons. The van der Waals surface area contributed by atoms with Gasteiger partial charge in [-0.15, -0.1) is 0 Å². The average Bonchev–Trinajstić information content (AvgIpc) is 2.65. The molecule has 1 aliphatic rings. The number of nitrogens with zero attached hydrogens (tertiary/aromatic N) is 3. The predicted octanol–water partition coefficient (Wildman–Crippen LogP) is 2.88. The quantitative estimate of drug-likeness (QED) is 0.818. The molecule has 5 nitrogen and oxygen atoms in total. The third-order valence-corrected chi connectivity index (χ3v) is 4.11. The number of aromatic nitrogens is 1. The first-order valence-corrected chi connectivity index (χ1v) is 8.26. The topological polar surface area (TPSA) is 58.4 Å². The van der Waals surface area contributed by atoms with Crippen molar-refractivity contribution < 1.29 is 9.47 Å². The SMILES string of the molecule is N#Cc1ccc(OCCN2CCC(Oc3ccccc3)CC2)cn1. The van der Waals surface area contributed by atoms with E-state index < -0.39 is 0 Å². The Bertz CT molecular complexity index is 659. The summed E-state index contributed by atoms with van der Waals surface area (Å²) in [5.41, 5.74) is 0.405. The lowest BCUT2D eigenvalue weighted by atomic mass is 10.1. The van der Waals surface area contributed by atoms with Gasteiger partial charge < -0.3 is 9.47 Å². The maximum atomic E-state index is 8.72. The van der Waals surface area contributed by atoms with Crippen LogP contribution in [0.5, 0.6) is 11.5 Å². The van der Waals surface area contributed by atoms with Gasteiger partial charge in [-0.25, -0.2) is 4.98 Å². The van der Waals surface area contributed by atoms with Crippen molar-refractivity contribution in [3.63, 3.8) is 0 Å². The second-order valence-corrected chi connectivity index (χ2v) is 5.81. The highest BCUT2D eigenvalue weighted by Crippen LogP contribution is 2.18. The number of hydrogen-bond acceptors (Lipinski definition) is 5. The minimum Gasteiger partial charge on any atom is -0.491 e. The molecule has 0 spiro atoms. The molecule has 0 saturated carbocycles. The number of piperidine rings is 1. The number of nitriles is 1. The van der Waals surface area contributed by atoms with E-state index in [4.69, 9.17) is 14.7 Å². The molecule has 0 aliphatic carbocycles. The summed E-state index contributed by atoms with van der Waals surface area (Å²) in [5.74, 6) is 1.66. The summed E-state index contributed by atoms with van der Waals surface area (Å²) in [6.07, 6.45) is 3.96. The molecule has 24 heavy (non-hydrogen) atoms. The van der Waals surface area contributed by atoms with Crippen molar-refractivity contribution in [3.8, 4) is 17.6 Å². The van der Waals surface area contributed by atoms with Crippen molar-refractivity contribution in [2.75, 3.05) is 26.2 Å². The Hall–Kier alpha value is -2.58. The normalized spacial score (nSPS) is 15.6. The summed E-state index contributed by atoms with van der Waals surface area (Å²) in [5, 5.41) is 8.72. The lowest BCUT2D eigenvalue weighted by Crippen LogP contribution is -2.40. The summed E-state index contributed by atoms with van der Waals surface area (Å²) in [7, 11) is 0. The number of hydrogen-bond donors (Lipinski definition) is 0. The lowest BCUT2D eigenvalue weighted by Gasteiger charge is -2.32. The van der Waals surface area contributed by atoms with Crippen molar-refractivity contribution >= 4 is 0 Å². The van der Waals surface area contributed by atoms with Crippen LogP contribution in [0.1, 0.15) is 18.5 Å². The van der Waals surface area contributed by atoms with Crippen molar-refractivity contribution in [2.24, 2.45) is 0 Å². The molecule has 1 saturated heterocycles. The summed E-state index contributed by atoms with van der Waals surface area (Å²) < 4.78 is 11.7. The van der Waals surface area contributed by atoms with Crippen LogP contribution >= 0.6 is 0 Å². The van der Waals surface area contributed by atoms with E-state index in [1.807, 2.05) is 36.4 Å². The van der Waals surface area contributed by atoms with E-state index in [0.29, 0.717) is 24.2 Å². The third-order valence-electron chi connectivity index (χ3n) is 4.11. The summed E-state index contributed by atoms with van der Waals surface area (Å²) in [6.45, 7) is 3.55. The lowest BCUT2D eigenvalue weighted by molar-refractivity contribution is 0.0915. The standard InChI is InChI=1S/C19H21N3O2/c20-14-16-6-7-19(15-21-16)23-13-12-22-10-8-18(9-11-22)24-17-4-2-1-3-5-17/h1-7,15,18H,8-13H2. The van der Waals surface area contributed by atoms with Crippen LogP contribution < -0.4 is 9.47 Å². The number of ether oxygens (including phenoxy) is 2. The molecule has 5 heteroatoms. The summed E-state index contributed by atoms with van der Waals surface area (Å²) in [6, 6.07) is 15.5. The van der Waals surface area contributed by atoms with E-state index in [0.717, 1.165) is 38.2 Å². The fourth-order valence-corrected chi connectivity index (χ4v) is 2.77. The highest BCUT2D eigenvalue weighted by molar-refractivity contribution is 5.26. The average molecular weight is 323 g/mol. The van der Waals surface area contributed by atoms with Crippen LogP contribution in [0.15, 0.2) is 48.7 Å². The molecule has 2 aromatic rings. The van der Waals surface area contributed by atoms with Crippen molar-refractivity contribution in [3.05, 3.63) is 54.4 Å². The molecule has 1 fully saturated rings. The van der Waals surface area contributed by atoms with Crippen LogP contribution in [0.3, 0.4) is 0 Å². The highest BCUT2D eigenvalue weighted by Gasteiger charge is 2.20. The minimum atomic E-state index is 0.298. The van der Waals surface area contributed by atoms with Gasteiger partial charge in [0, 0.05) is 19.6 Å². The fourth-order valence-electron chi connectivity index (χ4n) is 2.77. The second-order valence-electron chi connectivity index (χ2n) is 5.81. The summed E-state index contributed by atoms with van der Waals surface area (Å²) in [4.78, 5) is 6.39. The Morgan fingerprint density at radius 3 is 2.54 bits per heavy atom. The molecule has 2 heterocycles. The first-order valence-electron chi connectivity index (χ1n) is 8.26. The van der Waals surface area contributed by atoms with Gasteiger partial charge in [0.05, 0.1) is 6.20 Å². The van der Waals surface area contributed by atoms with Crippen LogP contribution in [0, 0.1) is 11.3 Å². The Balaban J connectivity index is 1.35. The zero-order valence-electron chi connectivity index (χ0n) is 13.6. The maximum Gasteiger partial charge on any atom is 0.140 e. The van der Waals surface area contributed by atoms with Gasteiger partial charge >= 0.3 is 0 Å². The van der Waals surface area contributed by atoms with Crippen LogP contribution in [0.25, 0.3) is 0 Å². The molecular formula is C19H21N3O2. The predicted molar refractivity (Wildman–Crippen MR) is 91.0 cm³/mol. The van der Waals surface area contributed by atoms with Gasteiger partial charge in [0.15, 0.2) is 0 Å². The molecule has 0 atom stereocenters. The largest absolute Gasteiger partial charge is 0.491 e. The van der Waals surface area contributed by atoms with E-state index >= 15 is 0 Å². The molecule has 1 aliphatic heterocycles. The third kappa shape index (κ3) is 4.71. The number of pyridine rings is 1. The van der Waals surface area contributed by atoms with E-state index in [1.54, 1.807) is 18.3 Å². The number of para-hydroxylation sites is 1. The smallest absolute Gasteiger partial charge is 0.140 e. The molecule has 0 unspecified atom stereocenters. The zero-order chi connectivity index (χ0) is 16.6. The molecule has 0 amide bonds. The molecular weight excluding hydrogens is 302 g/mol. The van der Waals surface area contributed by atoms with Gasteiger partial charge in [-0.2, -0.15) is 5.26 Å². The first kappa shape index (κ1) is 16.3. The van der Waals surface area contributed by atoms with Gasteiger partial charge in [-0.1, -0.05) is 18.2 Å². The van der Waals surface area contributed by atoms with Crippen LogP contribution in [0.4, 0.5) is 0 Å². The highest BCUT2D eigenvalue weighted by atomic mass is 16.5. The van der Waals surface area contributed by atoms with Crippen LogP contribution in [-0.4, -0.2) is 42.2 Å². The Kier molecular flexibility index (Phi) is 5.65. The Labute approximate surface area is 142 Å². The van der Waals surface area contributed by atoms with Crippen molar-refractivity contribution in [2.45, 2.75) is 18.9 Å². The molecule has 1 aromatic carbocycles. The minimum absolute atomic E-state index is 0.298. The summed E-state index contributed by atoms with van der Waals surface area (Å²) >= 11 is 0. The van der Waals surface area contributed by atoms with E-state index in [1.165, 1.54) is 0 Å². The van der Waals surface area contributed by atoms with E-state index in [2.05, 4.69) is 9.88 Å². The van der Waals surface area contributed by atoms with E-state index in [9.17, 15) is 0 Å². The fraction of sp³-hybridized carbons (Fsp3) is 0.368. The second kappa shape index (κ2) is 8.32. The van der Waals surface area contributed by atoms with Gasteiger partial charge in [0.2, 0.25) is 0 Å². The van der Waals surface area contributed by atoms with Gasteiger partial charge in [0.1, 0.15) is 36.0 Å². The zero-order valence-corrected chi connectivity index (χ0v) is 13.6. The molecule has 1 aromatic heterocycles. The monoisotopic (exact) mass is 323 g/mol. The van der Waals surface area contributed by atoms with Crippen LogP contribution in [-0.2, 0) is 0 Å². The van der Waals surface area contributed by atoms with Crippen LogP contribution in [0.2, 0.25) is 0 Å². The number of benzene rings is 1. The van der Waals surface area contributed by atoms with Crippen molar-refractivity contribution in [1.29, 1.82) is 5.26 Å². The molecule has 0 bridgehead atoms. The van der Waals surface area contributed by atoms with E-state index in [-0.39, 0.29) is 0 Å². The molecule has 0 N–H and O–H groups in total. The number of rotatable bonds is 6. The Morgan fingerprint density at radius 1 is 1.08 bits per heavy atom. The van der Waals surface area contributed by atoms with Gasteiger partial charge in [-0.05, 0) is 37.1 Å².